The summed E-state index contributed by atoms with van der Waals surface area (Å²) in [4.78, 5) is 13.2. The van der Waals surface area contributed by atoms with Crippen LogP contribution in [0.5, 0.6) is 5.75 Å². The Labute approximate surface area is 192 Å². The van der Waals surface area contributed by atoms with Crippen LogP contribution in [0.25, 0.3) is 21.9 Å². The molecule has 1 fully saturated rings. The lowest BCUT2D eigenvalue weighted by molar-refractivity contribution is -0.120. The number of amides is 1. The molecule has 0 aliphatic carbocycles. The summed E-state index contributed by atoms with van der Waals surface area (Å²) in [5.74, 6) is -0.0375. The number of nitrogens with zero attached hydrogens (tertiary/aromatic N) is 1. The number of ether oxygens (including phenoxy) is 1. The fourth-order valence-electron chi connectivity index (χ4n) is 4.32. The van der Waals surface area contributed by atoms with Crippen molar-refractivity contribution >= 4 is 43.6 Å². The van der Waals surface area contributed by atoms with Gasteiger partial charge in [0.05, 0.1) is 17.9 Å². The Kier molecular flexibility index (Phi) is 5.55. The molecule has 1 atom stereocenters. The number of nitrogens with one attached hydrogen (secondary N) is 1. The number of rotatable bonds is 5. The number of hydrogen-bond acceptors (Lipinski definition) is 5. The molecule has 1 N–H and O–H groups in total. The maximum absolute atomic E-state index is 13.1. The predicted molar refractivity (Wildman–Crippen MR) is 127 cm³/mol. The molecule has 8 heteroatoms. The Morgan fingerprint density at radius 3 is 2.58 bits per heavy atom. The fraction of sp³-hybridized carbons (Fsp3) is 0.240. The van der Waals surface area contributed by atoms with E-state index in [2.05, 4.69) is 5.32 Å². The van der Waals surface area contributed by atoms with Crippen LogP contribution in [0.15, 0.2) is 76.0 Å². The van der Waals surface area contributed by atoms with Gasteiger partial charge in [-0.3, -0.25) is 4.79 Å². The van der Waals surface area contributed by atoms with Gasteiger partial charge in [-0.2, -0.15) is 4.31 Å². The van der Waals surface area contributed by atoms with Gasteiger partial charge in [-0.1, -0.05) is 18.2 Å². The molecular weight excluding hydrogens is 440 g/mol. The molecule has 0 saturated carbocycles. The summed E-state index contributed by atoms with van der Waals surface area (Å²) in [6, 6.07) is 19.7. The van der Waals surface area contributed by atoms with E-state index in [1.54, 1.807) is 12.1 Å². The van der Waals surface area contributed by atoms with E-state index in [1.807, 2.05) is 42.5 Å². The minimum atomic E-state index is -3.69. The number of hydrogen-bond donors (Lipinski definition) is 1. The quantitative estimate of drug-likeness (QED) is 0.465. The molecule has 0 radical (unpaired) electrons. The molecule has 1 saturated heterocycles. The summed E-state index contributed by atoms with van der Waals surface area (Å²) in [7, 11) is -2.16. The minimum absolute atomic E-state index is 0.146. The van der Waals surface area contributed by atoms with E-state index >= 15 is 0 Å². The Morgan fingerprint density at radius 2 is 1.79 bits per heavy atom. The molecule has 3 aromatic carbocycles. The number of sulfonamides is 1. The van der Waals surface area contributed by atoms with Crippen LogP contribution >= 0.6 is 0 Å². The van der Waals surface area contributed by atoms with Crippen molar-refractivity contribution in [2.24, 2.45) is 5.92 Å². The Hall–Kier alpha value is -3.36. The van der Waals surface area contributed by atoms with Gasteiger partial charge in [-0.05, 0) is 55.3 Å². The standard InChI is InChI=1S/C25H24N2O5S/c1-31-19-9-11-20(12-10-19)33(29,30)27-14-4-5-17(16-27)25(28)26-18-8-13-22-21-6-2-3-7-23(21)32-24(22)15-18/h2-3,6-13,15,17H,4-5,14,16H2,1H3,(H,26,28). The molecule has 0 bridgehead atoms. The normalized spacial score (nSPS) is 17.3. The van der Waals surface area contributed by atoms with E-state index in [1.165, 1.54) is 23.5 Å². The molecule has 170 valence electrons. The molecule has 1 aromatic heterocycles. The summed E-state index contributed by atoms with van der Waals surface area (Å²) < 4.78 is 38.6. The Balaban J connectivity index is 1.32. The summed E-state index contributed by atoms with van der Waals surface area (Å²) in [5, 5.41) is 4.95. The first-order chi connectivity index (χ1) is 16.0. The van der Waals surface area contributed by atoms with Gasteiger partial charge in [0.1, 0.15) is 16.9 Å². The number of anilines is 1. The third-order valence-corrected chi connectivity index (χ3v) is 7.98. The molecular formula is C25H24N2O5S. The number of carbonyl (C=O) groups excluding carboxylic acids is 1. The Morgan fingerprint density at radius 1 is 1.03 bits per heavy atom. The van der Waals surface area contributed by atoms with E-state index < -0.39 is 15.9 Å². The van der Waals surface area contributed by atoms with Gasteiger partial charge in [0.15, 0.2) is 0 Å². The van der Waals surface area contributed by atoms with Crippen molar-refractivity contribution < 1.29 is 22.4 Å². The molecule has 1 amide bonds. The summed E-state index contributed by atoms with van der Waals surface area (Å²) in [5.41, 5.74) is 2.12. The van der Waals surface area contributed by atoms with Crippen LogP contribution in [-0.2, 0) is 14.8 Å². The molecule has 1 aliphatic heterocycles. The van der Waals surface area contributed by atoms with Gasteiger partial charge in [-0.15, -0.1) is 0 Å². The van der Waals surface area contributed by atoms with Gasteiger partial charge in [0.2, 0.25) is 15.9 Å². The smallest absolute Gasteiger partial charge is 0.243 e. The average Bonchev–Trinajstić information content (AvgIpc) is 3.22. The molecule has 2 heterocycles. The number of furan rings is 1. The van der Waals surface area contributed by atoms with Crippen molar-refractivity contribution in [1.82, 2.24) is 4.31 Å². The van der Waals surface area contributed by atoms with E-state index in [-0.39, 0.29) is 17.3 Å². The van der Waals surface area contributed by atoms with Crippen LogP contribution in [0, 0.1) is 5.92 Å². The third-order valence-electron chi connectivity index (χ3n) is 6.10. The number of para-hydroxylation sites is 1. The molecule has 5 rings (SSSR count). The molecule has 1 aliphatic rings. The van der Waals surface area contributed by atoms with Gasteiger partial charge in [-0.25, -0.2) is 8.42 Å². The second-order valence-electron chi connectivity index (χ2n) is 8.18. The summed E-state index contributed by atoms with van der Waals surface area (Å²) >= 11 is 0. The number of fused-ring (bicyclic) bond motifs is 3. The van der Waals surface area contributed by atoms with Gasteiger partial charge >= 0.3 is 0 Å². The van der Waals surface area contributed by atoms with Gasteiger partial charge in [0.25, 0.3) is 0 Å². The molecule has 33 heavy (non-hydrogen) atoms. The van der Waals surface area contributed by atoms with Crippen molar-refractivity contribution in [3.05, 3.63) is 66.7 Å². The molecule has 4 aromatic rings. The zero-order valence-electron chi connectivity index (χ0n) is 18.2. The predicted octanol–water partition coefficient (Wildman–Crippen LogP) is 4.63. The lowest BCUT2D eigenvalue weighted by atomic mass is 9.98. The lowest BCUT2D eigenvalue weighted by Gasteiger charge is -2.31. The van der Waals surface area contributed by atoms with Crippen LogP contribution in [0.4, 0.5) is 5.69 Å². The van der Waals surface area contributed by atoms with E-state index in [9.17, 15) is 13.2 Å². The van der Waals surface area contributed by atoms with Crippen molar-refractivity contribution in [2.45, 2.75) is 17.7 Å². The van der Waals surface area contributed by atoms with Gasteiger partial charge in [0, 0.05) is 35.6 Å². The van der Waals surface area contributed by atoms with Gasteiger partial charge < -0.3 is 14.5 Å². The summed E-state index contributed by atoms with van der Waals surface area (Å²) in [6.45, 7) is 0.538. The number of methoxy groups -OCH3 is 1. The largest absolute Gasteiger partial charge is 0.497 e. The van der Waals surface area contributed by atoms with Crippen molar-refractivity contribution in [3.8, 4) is 5.75 Å². The highest BCUT2D eigenvalue weighted by atomic mass is 32.2. The SMILES string of the molecule is COc1ccc(S(=O)(=O)N2CCCC(C(=O)Nc3ccc4c(c3)oc3ccccc34)C2)cc1. The first-order valence-electron chi connectivity index (χ1n) is 10.8. The topological polar surface area (TPSA) is 88.9 Å². The highest BCUT2D eigenvalue weighted by Gasteiger charge is 2.33. The van der Waals surface area contributed by atoms with E-state index in [4.69, 9.17) is 9.15 Å². The van der Waals surface area contributed by atoms with E-state index in [0.29, 0.717) is 36.4 Å². The molecule has 7 nitrogen and oxygen atoms in total. The zero-order valence-corrected chi connectivity index (χ0v) is 19.0. The monoisotopic (exact) mass is 464 g/mol. The minimum Gasteiger partial charge on any atom is -0.497 e. The molecule has 1 unspecified atom stereocenters. The summed E-state index contributed by atoms with van der Waals surface area (Å²) in [6.07, 6.45) is 1.25. The van der Waals surface area contributed by atoms with Crippen LogP contribution < -0.4 is 10.1 Å². The van der Waals surface area contributed by atoms with Crippen LogP contribution in [-0.4, -0.2) is 38.8 Å². The fourth-order valence-corrected chi connectivity index (χ4v) is 5.84. The average molecular weight is 465 g/mol. The number of carbonyl (C=O) groups is 1. The highest BCUT2D eigenvalue weighted by molar-refractivity contribution is 7.89. The van der Waals surface area contributed by atoms with Crippen LogP contribution in [0.2, 0.25) is 0 Å². The number of piperidine rings is 1. The third kappa shape index (κ3) is 4.07. The lowest BCUT2D eigenvalue weighted by Crippen LogP contribution is -2.43. The Bertz CT molecular complexity index is 1430. The van der Waals surface area contributed by atoms with Crippen molar-refractivity contribution in [3.63, 3.8) is 0 Å². The first-order valence-corrected chi connectivity index (χ1v) is 12.3. The second-order valence-corrected chi connectivity index (χ2v) is 10.1. The maximum atomic E-state index is 13.1. The molecule has 0 spiro atoms. The maximum Gasteiger partial charge on any atom is 0.243 e. The number of benzene rings is 3. The van der Waals surface area contributed by atoms with Crippen molar-refractivity contribution in [1.29, 1.82) is 0 Å². The second kappa shape index (κ2) is 8.53. The van der Waals surface area contributed by atoms with Crippen LogP contribution in [0.1, 0.15) is 12.8 Å². The van der Waals surface area contributed by atoms with Crippen molar-refractivity contribution in [2.75, 3.05) is 25.5 Å². The highest BCUT2D eigenvalue weighted by Crippen LogP contribution is 2.31. The van der Waals surface area contributed by atoms with E-state index in [0.717, 1.165) is 16.4 Å². The van der Waals surface area contributed by atoms with Crippen LogP contribution in [0.3, 0.4) is 0 Å². The zero-order chi connectivity index (χ0) is 23.0. The first kappa shape index (κ1) is 21.5.